The number of anilines is 2. The van der Waals surface area contributed by atoms with Gasteiger partial charge in [0, 0.05) is 38.2 Å². The summed E-state index contributed by atoms with van der Waals surface area (Å²) in [5, 5.41) is 7.88. The number of benzene rings is 1. The highest BCUT2D eigenvalue weighted by atomic mass is 16.5. The van der Waals surface area contributed by atoms with Crippen LogP contribution in [0.3, 0.4) is 0 Å². The average Bonchev–Trinajstić information content (AvgIpc) is 3.47. The van der Waals surface area contributed by atoms with E-state index in [4.69, 9.17) is 4.74 Å². The molecular weight excluding hydrogens is 406 g/mol. The minimum Gasteiger partial charge on any atom is -0.494 e. The standard InChI is InChI=1S/C24H25N5O3/c1-28-13-20-22(24(28)31)19(11-15(25-20)12-21(30)14-7-8-14)26-18-6-4-5-16(23(18)32-3)17-9-10-29(2)27-17/h4-6,9-11,14H,7-8,12-13H2,1-3H3,(H,25,26). The Morgan fingerprint density at radius 2 is 2.03 bits per heavy atom. The van der Waals surface area contributed by atoms with Crippen molar-refractivity contribution in [3.8, 4) is 17.0 Å². The first-order valence-corrected chi connectivity index (χ1v) is 10.7. The number of ether oxygens (including phenoxy) is 1. The minimum atomic E-state index is -0.0880. The number of aryl methyl sites for hydroxylation is 1. The number of ketones is 1. The van der Waals surface area contributed by atoms with Crippen molar-refractivity contribution in [2.24, 2.45) is 13.0 Å². The number of nitrogens with one attached hydrogen (secondary N) is 1. The molecule has 0 unspecified atom stereocenters. The molecule has 0 bridgehead atoms. The van der Waals surface area contributed by atoms with Gasteiger partial charge in [-0.05, 0) is 37.1 Å². The molecule has 2 aliphatic rings. The lowest BCUT2D eigenvalue weighted by Gasteiger charge is -2.16. The van der Waals surface area contributed by atoms with Crippen molar-refractivity contribution in [3.05, 3.63) is 53.5 Å². The fourth-order valence-corrected chi connectivity index (χ4v) is 4.17. The molecule has 8 heteroatoms. The first-order chi connectivity index (χ1) is 15.4. The van der Waals surface area contributed by atoms with E-state index < -0.39 is 0 Å². The molecule has 1 N–H and O–H groups in total. The van der Waals surface area contributed by atoms with E-state index in [1.165, 1.54) is 0 Å². The highest BCUT2D eigenvalue weighted by molar-refractivity contribution is 6.04. The van der Waals surface area contributed by atoms with Crippen molar-refractivity contribution in [1.29, 1.82) is 0 Å². The fourth-order valence-electron chi connectivity index (χ4n) is 4.17. The summed E-state index contributed by atoms with van der Waals surface area (Å²) >= 11 is 0. The maximum atomic E-state index is 12.8. The second kappa shape index (κ2) is 7.78. The van der Waals surface area contributed by atoms with Crippen LogP contribution in [0.5, 0.6) is 5.75 Å². The summed E-state index contributed by atoms with van der Waals surface area (Å²) < 4.78 is 7.48. The molecule has 2 aromatic heterocycles. The molecule has 5 rings (SSSR count). The fraction of sp³-hybridized carbons (Fsp3) is 0.333. The van der Waals surface area contributed by atoms with Crippen molar-refractivity contribution in [3.63, 3.8) is 0 Å². The molecule has 0 spiro atoms. The predicted octanol–water partition coefficient (Wildman–Crippen LogP) is 3.34. The lowest BCUT2D eigenvalue weighted by Crippen LogP contribution is -2.18. The molecular formula is C24H25N5O3. The Balaban J connectivity index is 1.55. The Morgan fingerprint density at radius 1 is 1.22 bits per heavy atom. The molecule has 1 fully saturated rings. The number of rotatable bonds is 7. The highest BCUT2D eigenvalue weighted by Crippen LogP contribution is 2.39. The summed E-state index contributed by atoms with van der Waals surface area (Å²) in [5.74, 6) is 0.929. The zero-order chi connectivity index (χ0) is 22.4. The van der Waals surface area contributed by atoms with E-state index in [9.17, 15) is 9.59 Å². The topological polar surface area (TPSA) is 89.3 Å². The molecule has 8 nitrogen and oxygen atoms in total. The Kier molecular flexibility index (Phi) is 4.92. The molecule has 1 aliphatic heterocycles. The molecule has 1 saturated carbocycles. The van der Waals surface area contributed by atoms with Crippen LogP contribution in [-0.4, -0.2) is 45.5 Å². The van der Waals surface area contributed by atoms with Gasteiger partial charge < -0.3 is 15.0 Å². The van der Waals surface area contributed by atoms with Crippen LogP contribution in [0.4, 0.5) is 11.4 Å². The second-order valence-corrected chi connectivity index (χ2v) is 8.45. The van der Waals surface area contributed by atoms with Gasteiger partial charge in [0.05, 0.1) is 47.7 Å². The minimum absolute atomic E-state index is 0.0880. The van der Waals surface area contributed by atoms with Crippen molar-refractivity contribution in [2.75, 3.05) is 19.5 Å². The number of nitrogens with zero attached hydrogens (tertiary/aromatic N) is 4. The zero-order valence-corrected chi connectivity index (χ0v) is 18.4. The first kappa shape index (κ1) is 20.2. The number of fused-ring (bicyclic) bond motifs is 1. The van der Waals surface area contributed by atoms with E-state index >= 15 is 0 Å². The van der Waals surface area contributed by atoms with E-state index in [1.54, 1.807) is 23.7 Å². The van der Waals surface area contributed by atoms with Crippen LogP contribution in [-0.2, 0) is 24.8 Å². The van der Waals surface area contributed by atoms with E-state index in [0.29, 0.717) is 40.6 Å². The number of amides is 1. The number of carbonyl (C=O) groups excluding carboxylic acids is 2. The van der Waals surface area contributed by atoms with Crippen molar-refractivity contribution in [1.82, 2.24) is 19.7 Å². The molecule has 3 aromatic rings. The number of pyridine rings is 1. The van der Waals surface area contributed by atoms with Gasteiger partial charge in [-0.2, -0.15) is 5.10 Å². The van der Waals surface area contributed by atoms with Gasteiger partial charge in [-0.15, -0.1) is 0 Å². The Labute approximate surface area is 186 Å². The summed E-state index contributed by atoms with van der Waals surface area (Å²) in [5.41, 5.74) is 4.91. The third kappa shape index (κ3) is 3.62. The second-order valence-electron chi connectivity index (χ2n) is 8.45. The summed E-state index contributed by atoms with van der Waals surface area (Å²) in [6.45, 7) is 0.430. The predicted molar refractivity (Wildman–Crippen MR) is 120 cm³/mol. The molecule has 0 atom stereocenters. The van der Waals surface area contributed by atoms with E-state index in [2.05, 4.69) is 15.4 Å². The monoisotopic (exact) mass is 431 g/mol. The Bertz CT molecular complexity index is 1230. The van der Waals surface area contributed by atoms with Crippen molar-refractivity contribution < 1.29 is 14.3 Å². The van der Waals surface area contributed by atoms with Gasteiger partial charge in [0.15, 0.2) is 5.75 Å². The van der Waals surface area contributed by atoms with Gasteiger partial charge >= 0.3 is 0 Å². The van der Waals surface area contributed by atoms with Crippen LogP contribution in [0.25, 0.3) is 11.3 Å². The molecule has 0 radical (unpaired) electrons. The number of carbonyl (C=O) groups is 2. The summed E-state index contributed by atoms with van der Waals surface area (Å²) in [6, 6.07) is 9.51. The SMILES string of the molecule is COc1c(Nc2cc(CC(=O)C3CC3)nc3c2C(=O)N(C)C3)cccc1-c1ccn(C)n1. The molecule has 1 amide bonds. The third-order valence-electron chi connectivity index (χ3n) is 5.96. The number of methoxy groups -OCH3 is 1. The van der Waals surface area contributed by atoms with Crippen LogP contribution < -0.4 is 10.1 Å². The number of hydrogen-bond acceptors (Lipinski definition) is 6. The van der Waals surface area contributed by atoms with Gasteiger partial charge in [-0.1, -0.05) is 6.07 Å². The van der Waals surface area contributed by atoms with Crippen molar-refractivity contribution >= 4 is 23.1 Å². The van der Waals surface area contributed by atoms with E-state index in [1.807, 2.05) is 43.6 Å². The van der Waals surface area contributed by atoms with Crippen LogP contribution in [0.15, 0.2) is 36.5 Å². The summed E-state index contributed by atoms with van der Waals surface area (Å²) in [6.07, 6.45) is 4.10. The number of Topliss-reactive ketones (excluding diaryl/α,β-unsaturated/α-hetero) is 1. The largest absolute Gasteiger partial charge is 0.494 e. The van der Waals surface area contributed by atoms with Crippen molar-refractivity contribution in [2.45, 2.75) is 25.8 Å². The lowest BCUT2D eigenvalue weighted by atomic mass is 10.1. The van der Waals surface area contributed by atoms with Crippen LogP contribution in [0.2, 0.25) is 0 Å². The number of hydrogen-bond donors (Lipinski definition) is 1. The molecule has 164 valence electrons. The van der Waals surface area contributed by atoms with Crippen LogP contribution in [0.1, 0.15) is 34.6 Å². The molecule has 3 heterocycles. The maximum absolute atomic E-state index is 12.8. The Hall–Kier alpha value is -3.68. The van der Waals surface area contributed by atoms with Gasteiger partial charge in [-0.25, -0.2) is 0 Å². The van der Waals surface area contributed by atoms with Crippen LogP contribution >= 0.6 is 0 Å². The Morgan fingerprint density at radius 3 is 2.72 bits per heavy atom. The average molecular weight is 431 g/mol. The zero-order valence-electron chi connectivity index (χ0n) is 18.4. The van der Waals surface area contributed by atoms with E-state index in [-0.39, 0.29) is 24.0 Å². The normalized spacial score (nSPS) is 15.1. The van der Waals surface area contributed by atoms with Crippen LogP contribution in [0, 0.1) is 5.92 Å². The molecule has 1 aliphatic carbocycles. The van der Waals surface area contributed by atoms with Gasteiger partial charge in [0.2, 0.25) is 0 Å². The summed E-state index contributed by atoms with van der Waals surface area (Å²) in [4.78, 5) is 31.5. The number of aromatic nitrogens is 3. The van der Waals surface area contributed by atoms with E-state index in [0.717, 1.165) is 24.1 Å². The molecule has 0 saturated heterocycles. The van der Waals surface area contributed by atoms with Gasteiger partial charge in [0.1, 0.15) is 5.78 Å². The molecule has 32 heavy (non-hydrogen) atoms. The molecule has 1 aromatic carbocycles. The van der Waals surface area contributed by atoms with Gasteiger partial charge in [0.25, 0.3) is 5.91 Å². The smallest absolute Gasteiger partial charge is 0.257 e. The quantitative estimate of drug-likeness (QED) is 0.617. The number of para-hydroxylation sites is 1. The first-order valence-electron chi connectivity index (χ1n) is 10.7. The summed E-state index contributed by atoms with van der Waals surface area (Å²) in [7, 11) is 5.23. The maximum Gasteiger partial charge on any atom is 0.257 e. The van der Waals surface area contributed by atoms with Gasteiger partial charge in [-0.3, -0.25) is 19.3 Å². The third-order valence-corrected chi connectivity index (χ3v) is 5.96. The highest BCUT2D eigenvalue weighted by Gasteiger charge is 2.33. The lowest BCUT2D eigenvalue weighted by molar-refractivity contribution is -0.119.